The zero-order chi connectivity index (χ0) is 22.0. The molecular formula is C22H22F2N4O2S. The molecule has 0 aliphatic carbocycles. The number of nitrogens with zero attached hydrogens (tertiary/aromatic N) is 3. The SMILES string of the molecule is CC1CCN(c2ccc(-c3ccc(NS(=O)(=O)c4c(F)cccc4F)cc3)nn2)CC1. The van der Waals surface area contributed by atoms with Crippen molar-refractivity contribution in [2.45, 2.75) is 24.7 Å². The van der Waals surface area contributed by atoms with Crippen molar-refractivity contribution in [3.63, 3.8) is 0 Å². The minimum absolute atomic E-state index is 0.179. The van der Waals surface area contributed by atoms with Crippen molar-refractivity contribution in [2.24, 2.45) is 5.92 Å². The first-order valence-electron chi connectivity index (χ1n) is 9.99. The van der Waals surface area contributed by atoms with E-state index in [1.54, 1.807) is 12.1 Å². The lowest BCUT2D eigenvalue weighted by Crippen LogP contribution is -2.33. The van der Waals surface area contributed by atoms with Gasteiger partial charge in [0.15, 0.2) is 10.7 Å². The fraction of sp³-hybridized carbons (Fsp3) is 0.273. The smallest absolute Gasteiger partial charge is 0.267 e. The van der Waals surface area contributed by atoms with Gasteiger partial charge < -0.3 is 4.90 Å². The Morgan fingerprint density at radius 1 is 0.935 bits per heavy atom. The molecule has 1 fully saturated rings. The van der Waals surface area contributed by atoms with Gasteiger partial charge in [-0.2, -0.15) is 0 Å². The van der Waals surface area contributed by atoms with Crippen molar-refractivity contribution in [1.29, 1.82) is 0 Å². The summed E-state index contributed by atoms with van der Waals surface area (Å²) in [6.45, 7) is 4.18. The van der Waals surface area contributed by atoms with Gasteiger partial charge in [-0.3, -0.25) is 4.72 Å². The van der Waals surface area contributed by atoms with Crippen molar-refractivity contribution in [1.82, 2.24) is 10.2 Å². The van der Waals surface area contributed by atoms with Crippen LogP contribution in [0.4, 0.5) is 20.3 Å². The van der Waals surface area contributed by atoms with Crippen molar-refractivity contribution in [2.75, 3.05) is 22.7 Å². The summed E-state index contributed by atoms with van der Waals surface area (Å²) in [7, 11) is -4.41. The van der Waals surface area contributed by atoms with Gasteiger partial charge >= 0.3 is 0 Å². The molecule has 0 saturated carbocycles. The Bertz CT molecular complexity index is 1140. The number of benzene rings is 2. The molecule has 6 nitrogen and oxygen atoms in total. The molecule has 31 heavy (non-hydrogen) atoms. The Kier molecular flexibility index (Phi) is 5.86. The Morgan fingerprint density at radius 3 is 2.16 bits per heavy atom. The lowest BCUT2D eigenvalue weighted by Gasteiger charge is -2.30. The summed E-state index contributed by atoms with van der Waals surface area (Å²) in [5.74, 6) is -0.730. The Labute approximate surface area is 180 Å². The molecule has 162 valence electrons. The maximum absolute atomic E-state index is 13.8. The summed E-state index contributed by atoms with van der Waals surface area (Å²) in [6.07, 6.45) is 2.27. The van der Waals surface area contributed by atoms with Gasteiger partial charge in [-0.25, -0.2) is 17.2 Å². The average molecular weight is 445 g/mol. The lowest BCUT2D eigenvalue weighted by atomic mass is 9.99. The van der Waals surface area contributed by atoms with E-state index in [2.05, 4.69) is 26.7 Å². The summed E-state index contributed by atoms with van der Waals surface area (Å²) in [4.78, 5) is 1.21. The van der Waals surface area contributed by atoms with Crippen LogP contribution in [-0.2, 0) is 10.0 Å². The molecule has 4 rings (SSSR count). The Hall–Kier alpha value is -3.07. The minimum Gasteiger partial charge on any atom is -0.355 e. The van der Waals surface area contributed by atoms with Gasteiger partial charge in [0, 0.05) is 24.3 Å². The molecule has 1 N–H and O–H groups in total. The van der Waals surface area contributed by atoms with Crippen molar-refractivity contribution < 1.29 is 17.2 Å². The van der Waals surface area contributed by atoms with E-state index in [0.717, 1.165) is 61.4 Å². The molecule has 2 aromatic carbocycles. The predicted molar refractivity (Wildman–Crippen MR) is 115 cm³/mol. The van der Waals surface area contributed by atoms with E-state index in [1.807, 2.05) is 12.1 Å². The third-order valence-electron chi connectivity index (χ3n) is 5.38. The molecule has 1 aromatic heterocycles. The van der Waals surface area contributed by atoms with Crippen LogP contribution in [0.15, 0.2) is 59.5 Å². The highest BCUT2D eigenvalue weighted by atomic mass is 32.2. The number of hydrogen-bond donors (Lipinski definition) is 1. The van der Waals surface area contributed by atoms with Crippen LogP contribution < -0.4 is 9.62 Å². The normalized spacial score (nSPS) is 15.1. The highest BCUT2D eigenvalue weighted by Crippen LogP contribution is 2.26. The number of aromatic nitrogens is 2. The first-order valence-corrected chi connectivity index (χ1v) is 11.5. The summed E-state index contributed by atoms with van der Waals surface area (Å²) in [6, 6.07) is 13.0. The van der Waals surface area contributed by atoms with Crippen LogP contribution >= 0.6 is 0 Å². The molecule has 0 bridgehead atoms. The van der Waals surface area contributed by atoms with Crippen LogP contribution in [0.25, 0.3) is 11.3 Å². The molecule has 0 radical (unpaired) electrons. The maximum Gasteiger partial charge on any atom is 0.267 e. The first kappa shape index (κ1) is 21.2. The summed E-state index contributed by atoms with van der Waals surface area (Å²) in [5.41, 5.74) is 1.56. The van der Waals surface area contributed by atoms with Crippen molar-refractivity contribution in [3.8, 4) is 11.3 Å². The van der Waals surface area contributed by atoms with Gasteiger partial charge in [0.1, 0.15) is 11.6 Å². The van der Waals surface area contributed by atoms with Gasteiger partial charge in [0.05, 0.1) is 5.69 Å². The van der Waals surface area contributed by atoms with E-state index < -0.39 is 26.6 Å². The molecule has 3 aromatic rings. The number of piperidine rings is 1. The van der Waals surface area contributed by atoms with Crippen LogP contribution in [0.3, 0.4) is 0 Å². The fourth-order valence-corrected chi connectivity index (χ4v) is 4.74. The van der Waals surface area contributed by atoms with E-state index in [4.69, 9.17) is 0 Å². The number of hydrogen-bond acceptors (Lipinski definition) is 5. The number of nitrogens with one attached hydrogen (secondary N) is 1. The highest BCUT2D eigenvalue weighted by molar-refractivity contribution is 7.92. The Morgan fingerprint density at radius 2 is 1.58 bits per heavy atom. The molecule has 1 aliphatic rings. The number of rotatable bonds is 5. The van der Waals surface area contributed by atoms with E-state index >= 15 is 0 Å². The zero-order valence-corrected chi connectivity index (χ0v) is 17.7. The molecule has 0 spiro atoms. The fourth-order valence-electron chi connectivity index (χ4n) is 3.54. The maximum atomic E-state index is 13.8. The van der Waals surface area contributed by atoms with Crippen molar-refractivity contribution >= 4 is 21.5 Å². The molecule has 0 amide bonds. The molecule has 1 aliphatic heterocycles. The largest absolute Gasteiger partial charge is 0.355 e. The van der Waals surface area contributed by atoms with Gasteiger partial charge in [0.25, 0.3) is 10.0 Å². The van der Waals surface area contributed by atoms with Gasteiger partial charge in [-0.15, -0.1) is 10.2 Å². The summed E-state index contributed by atoms with van der Waals surface area (Å²) in [5, 5.41) is 8.61. The van der Waals surface area contributed by atoms with E-state index in [9.17, 15) is 17.2 Å². The molecule has 0 unspecified atom stereocenters. The summed E-state index contributed by atoms with van der Waals surface area (Å²) < 4.78 is 54.7. The van der Waals surface area contributed by atoms with Crippen LogP contribution in [-0.4, -0.2) is 31.7 Å². The van der Waals surface area contributed by atoms with Crippen LogP contribution in [0.1, 0.15) is 19.8 Å². The monoisotopic (exact) mass is 444 g/mol. The molecule has 9 heteroatoms. The predicted octanol–water partition coefficient (Wildman–Crippen LogP) is 4.46. The minimum atomic E-state index is -4.41. The standard InChI is InChI=1S/C22H22F2N4O2S/c1-15-11-13-28(14-12-15)21-10-9-20(25-26-21)16-5-7-17(8-6-16)27-31(29,30)22-18(23)3-2-4-19(22)24/h2-10,15,27H,11-14H2,1H3. The first-order chi connectivity index (χ1) is 14.8. The quantitative estimate of drug-likeness (QED) is 0.629. The lowest BCUT2D eigenvalue weighted by molar-refractivity contribution is 0.436. The van der Waals surface area contributed by atoms with Crippen LogP contribution in [0.2, 0.25) is 0 Å². The van der Waals surface area contributed by atoms with E-state index in [1.165, 1.54) is 12.1 Å². The number of sulfonamides is 1. The summed E-state index contributed by atoms with van der Waals surface area (Å²) >= 11 is 0. The molecule has 2 heterocycles. The van der Waals surface area contributed by atoms with Gasteiger partial charge in [-0.05, 0) is 55.2 Å². The third-order valence-corrected chi connectivity index (χ3v) is 6.81. The molecule has 1 saturated heterocycles. The number of halogens is 2. The topological polar surface area (TPSA) is 75.2 Å². The van der Waals surface area contributed by atoms with Gasteiger partial charge in [0.2, 0.25) is 0 Å². The second-order valence-corrected chi connectivity index (χ2v) is 9.30. The van der Waals surface area contributed by atoms with Crippen LogP contribution in [0, 0.1) is 17.6 Å². The second kappa shape index (κ2) is 8.58. The molecular weight excluding hydrogens is 422 g/mol. The van der Waals surface area contributed by atoms with Crippen LogP contribution in [0.5, 0.6) is 0 Å². The Balaban J connectivity index is 1.48. The number of anilines is 2. The van der Waals surface area contributed by atoms with E-state index in [0.29, 0.717) is 5.69 Å². The average Bonchev–Trinajstić information content (AvgIpc) is 2.74. The highest BCUT2D eigenvalue weighted by Gasteiger charge is 2.24. The van der Waals surface area contributed by atoms with Gasteiger partial charge in [-0.1, -0.05) is 25.1 Å². The van der Waals surface area contributed by atoms with E-state index in [-0.39, 0.29) is 5.69 Å². The second-order valence-electron chi connectivity index (χ2n) is 7.68. The van der Waals surface area contributed by atoms with Crippen molar-refractivity contribution in [3.05, 3.63) is 66.2 Å². The zero-order valence-electron chi connectivity index (χ0n) is 16.9. The third kappa shape index (κ3) is 4.66. The molecule has 0 atom stereocenters.